The van der Waals surface area contributed by atoms with Crippen LogP contribution in [0.3, 0.4) is 0 Å². The molecule has 1 heterocycles. The number of hydrogen-bond donors (Lipinski definition) is 1. The zero-order valence-corrected chi connectivity index (χ0v) is 14.0. The SMILES string of the molecule is CCC1CCCN(c2ccc(Br)cc2/C=C/C(=O)O)CC1. The summed E-state index contributed by atoms with van der Waals surface area (Å²) in [7, 11) is 0. The van der Waals surface area contributed by atoms with Crippen molar-refractivity contribution in [1.29, 1.82) is 0 Å². The van der Waals surface area contributed by atoms with Gasteiger partial charge in [-0.05, 0) is 55.0 Å². The van der Waals surface area contributed by atoms with Gasteiger partial charge in [-0.25, -0.2) is 4.79 Å². The minimum Gasteiger partial charge on any atom is -0.478 e. The van der Waals surface area contributed by atoms with Crippen molar-refractivity contribution in [2.24, 2.45) is 5.92 Å². The Bertz CT molecular complexity index is 528. The molecule has 1 aliphatic heterocycles. The van der Waals surface area contributed by atoms with Gasteiger partial charge in [0.25, 0.3) is 0 Å². The van der Waals surface area contributed by atoms with Gasteiger partial charge < -0.3 is 10.0 Å². The van der Waals surface area contributed by atoms with Gasteiger partial charge in [-0.3, -0.25) is 0 Å². The van der Waals surface area contributed by atoms with Crippen molar-refractivity contribution in [2.45, 2.75) is 32.6 Å². The zero-order chi connectivity index (χ0) is 15.2. The zero-order valence-electron chi connectivity index (χ0n) is 12.4. The molecule has 1 aromatic carbocycles. The molecule has 21 heavy (non-hydrogen) atoms. The highest BCUT2D eigenvalue weighted by molar-refractivity contribution is 9.10. The first kappa shape index (κ1) is 16.1. The topological polar surface area (TPSA) is 40.5 Å². The lowest BCUT2D eigenvalue weighted by Gasteiger charge is -2.25. The van der Waals surface area contributed by atoms with Crippen molar-refractivity contribution in [2.75, 3.05) is 18.0 Å². The molecule has 0 saturated carbocycles. The second kappa shape index (κ2) is 7.64. The summed E-state index contributed by atoms with van der Waals surface area (Å²) < 4.78 is 0.970. The second-order valence-electron chi connectivity index (χ2n) is 5.57. The first-order chi connectivity index (χ1) is 10.1. The van der Waals surface area contributed by atoms with E-state index in [-0.39, 0.29) is 0 Å². The number of aliphatic carboxylic acids is 1. The van der Waals surface area contributed by atoms with E-state index >= 15 is 0 Å². The molecule has 1 fully saturated rings. The number of carboxylic acid groups (broad SMARTS) is 1. The number of nitrogens with zero attached hydrogens (tertiary/aromatic N) is 1. The van der Waals surface area contributed by atoms with Gasteiger partial charge in [0.05, 0.1) is 0 Å². The molecule has 0 aliphatic carbocycles. The fraction of sp³-hybridized carbons (Fsp3) is 0.471. The molecule has 1 aliphatic rings. The number of anilines is 1. The Kier molecular flexibility index (Phi) is 5.85. The first-order valence-electron chi connectivity index (χ1n) is 7.55. The van der Waals surface area contributed by atoms with Crippen LogP contribution in [0.25, 0.3) is 6.08 Å². The molecule has 1 saturated heterocycles. The summed E-state index contributed by atoms with van der Waals surface area (Å²) in [5, 5.41) is 8.84. The maximum absolute atomic E-state index is 10.8. The molecule has 0 aromatic heterocycles. The van der Waals surface area contributed by atoms with E-state index in [0.717, 1.165) is 34.7 Å². The van der Waals surface area contributed by atoms with E-state index in [4.69, 9.17) is 5.11 Å². The molecule has 0 bridgehead atoms. The Hall–Kier alpha value is -1.29. The maximum atomic E-state index is 10.8. The number of hydrogen-bond acceptors (Lipinski definition) is 2. The normalized spacial score (nSPS) is 19.7. The Labute approximate surface area is 134 Å². The summed E-state index contributed by atoms with van der Waals surface area (Å²) in [5.41, 5.74) is 2.09. The van der Waals surface area contributed by atoms with E-state index in [1.807, 2.05) is 12.1 Å². The molecular formula is C17H22BrNO2. The third-order valence-corrected chi connectivity index (χ3v) is 4.65. The van der Waals surface area contributed by atoms with Gasteiger partial charge in [0.2, 0.25) is 0 Å². The number of benzene rings is 1. The van der Waals surface area contributed by atoms with E-state index in [1.165, 1.54) is 31.8 Å². The molecule has 0 amide bonds. The lowest BCUT2D eigenvalue weighted by molar-refractivity contribution is -0.131. The predicted molar refractivity (Wildman–Crippen MR) is 90.7 cm³/mol. The largest absolute Gasteiger partial charge is 0.478 e. The number of halogens is 1. The fourth-order valence-electron chi connectivity index (χ4n) is 2.92. The van der Waals surface area contributed by atoms with E-state index in [2.05, 4.69) is 33.8 Å². The lowest BCUT2D eigenvalue weighted by atomic mass is 9.98. The Morgan fingerprint density at radius 3 is 2.95 bits per heavy atom. The second-order valence-corrected chi connectivity index (χ2v) is 6.48. The summed E-state index contributed by atoms with van der Waals surface area (Å²) in [6.07, 6.45) is 7.86. The fourth-order valence-corrected chi connectivity index (χ4v) is 3.30. The average molecular weight is 352 g/mol. The van der Waals surface area contributed by atoms with Crippen LogP contribution in [-0.2, 0) is 4.79 Å². The molecule has 1 atom stereocenters. The number of carbonyl (C=O) groups is 1. The molecule has 4 heteroatoms. The molecule has 114 valence electrons. The summed E-state index contributed by atoms with van der Waals surface area (Å²) >= 11 is 3.46. The van der Waals surface area contributed by atoms with Crippen LogP contribution in [0.4, 0.5) is 5.69 Å². The molecular weight excluding hydrogens is 330 g/mol. The van der Waals surface area contributed by atoms with Crippen LogP contribution in [-0.4, -0.2) is 24.2 Å². The van der Waals surface area contributed by atoms with Crippen LogP contribution in [0.5, 0.6) is 0 Å². The number of rotatable bonds is 4. The third-order valence-electron chi connectivity index (χ3n) is 4.16. The molecule has 1 unspecified atom stereocenters. The van der Waals surface area contributed by atoms with E-state index in [1.54, 1.807) is 6.08 Å². The molecule has 2 rings (SSSR count). The predicted octanol–water partition coefficient (Wildman–Crippen LogP) is 4.56. The van der Waals surface area contributed by atoms with Gasteiger partial charge in [0, 0.05) is 29.3 Å². The molecule has 0 spiro atoms. The van der Waals surface area contributed by atoms with E-state index < -0.39 is 5.97 Å². The van der Waals surface area contributed by atoms with Gasteiger partial charge in [0.1, 0.15) is 0 Å². The maximum Gasteiger partial charge on any atom is 0.328 e. The van der Waals surface area contributed by atoms with Crippen molar-refractivity contribution in [3.63, 3.8) is 0 Å². The first-order valence-corrected chi connectivity index (χ1v) is 8.35. The quantitative estimate of drug-likeness (QED) is 0.808. The highest BCUT2D eigenvalue weighted by Crippen LogP contribution is 2.29. The summed E-state index contributed by atoms with van der Waals surface area (Å²) in [4.78, 5) is 13.2. The number of carboxylic acids is 1. The van der Waals surface area contributed by atoms with Crippen molar-refractivity contribution in [3.05, 3.63) is 34.3 Å². The summed E-state index contributed by atoms with van der Waals surface area (Å²) in [6.45, 7) is 4.36. The van der Waals surface area contributed by atoms with Crippen molar-refractivity contribution in [1.82, 2.24) is 0 Å². The van der Waals surface area contributed by atoms with Crippen molar-refractivity contribution < 1.29 is 9.90 Å². The lowest BCUT2D eigenvalue weighted by Crippen LogP contribution is -2.25. The van der Waals surface area contributed by atoms with Gasteiger partial charge >= 0.3 is 5.97 Å². The highest BCUT2D eigenvalue weighted by Gasteiger charge is 2.17. The van der Waals surface area contributed by atoms with Gasteiger partial charge in [-0.1, -0.05) is 29.3 Å². The smallest absolute Gasteiger partial charge is 0.328 e. The molecule has 3 nitrogen and oxygen atoms in total. The molecule has 1 N–H and O–H groups in total. The Morgan fingerprint density at radius 1 is 1.43 bits per heavy atom. The summed E-state index contributed by atoms with van der Waals surface area (Å²) in [6, 6.07) is 6.09. The van der Waals surface area contributed by atoms with Crippen molar-refractivity contribution in [3.8, 4) is 0 Å². The molecule has 1 aromatic rings. The highest BCUT2D eigenvalue weighted by atomic mass is 79.9. The van der Waals surface area contributed by atoms with Crippen LogP contribution < -0.4 is 4.90 Å². The van der Waals surface area contributed by atoms with E-state index in [0.29, 0.717) is 0 Å². The van der Waals surface area contributed by atoms with E-state index in [9.17, 15) is 4.79 Å². The monoisotopic (exact) mass is 351 g/mol. The average Bonchev–Trinajstić information content (AvgIpc) is 2.70. The van der Waals surface area contributed by atoms with Gasteiger partial charge in [-0.2, -0.15) is 0 Å². The Morgan fingerprint density at radius 2 is 2.24 bits per heavy atom. The van der Waals surface area contributed by atoms with Crippen LogP contribution in [0.2, 0.25) is 0 Å². The van der Waals surface area contributed by atoms with Gasteiger partial charge in [0.15, 0.2) is 0 Å². The van der Waals surface area contributed by atoms with Crippen LogP contribution in [0.15, 0.2) is 28.7 Å². The minimum atomic E-state index is -0.914. The van der Waals surface area contributed by atoms with Gasteiger partial charge in [-0.15, -0.1) is 0 Å². The Balaban J connectivity index is 2.23. The van der Waals surface area contributed by atoms with Crippen LogP contribution >= 0.6 is 15.9 Å². The standard InChI is InChI=1S/C17H22BrNO2/c1-2-13-4-3-10-19(11-9-13)16-7-6-15(18)12-14(16)5-8-17(20)21/h5-8,12-13H,2-4,9-11H2,1H3,(H,20,21)/b8-5+. The summed E-state index contributed by atoms with van der Waals surface area (Å²) in [5.74, 6) is -0.0914. The van der Waals surface area contributed by atoms with Crippen LogP contribution in [0, 0.1) is 5.92 Å². The van der Waals surface area contributed by atoms with Crippen molar-refractivity contribution >= 4 is 33.7 Å². The molecule has 0 radical (unpaired) electrons. The minimum absolute atomic E-state index is 0.823. The third kappa shape index (κ3) is 4.60. The van der Waals surface area contributed by atoms with Crippen LogP contribution in [0.1, 0.15) is 38.2 Å².